The predicted octanol–water partition coefficient (Wildman–Crippen LogP) is 5.06. The van der Waals surface area contributed by atoms with Crippen LogP contribution in [0.2, 0.25) is 0 Å². The van der Waals surface area contributed by atoms with Gasteiger partial charge >= 0.3 is 6.18 Å². The molecule has 4 rings (SSSR count). The number of alkyl halides is 3. The first-order chi connectivity index (χ1) is 14.5. The number of fused-ring (bicyclic) bond motifs is 1. The molecule has 1 aromatic rings. The van der Waals surface area contributed by atoms with Crippen LogP contribution in [0.5, 0.6) is 0 Å². The second-order valence-corrected chi connectivity index (χ2v) is 10.3. The number of nitrogens with zero attached hydrogens (tertiary/aromatic N) is 3. The van der Waals surface area contributed by atoms with Gasteiger partial charge < -0.3 is 10.2 Å². The Bertz CT molecular complexity index is 839. The van der Waals surface area contributed by atoms with E-state index in [1.165, 1.54) is 0 Å². The first kappa shape index (κ1) is 22.2. The van der Waals surface area contributed by atoms with Crippen molar-refractivity contribution in [3.8, 4) is 0 Å². The number of halogens is 3. The van der Waals surface area contributed by atoms with E-state index in [1.807, 2.05) is 25.7 Å². The summed E-state index contributed by atoms with van der Waals surface area (Å²) in [6, 6.07) is -0.213. The molecule has 5 nitrogen and oxygen atoms in total. The van der Waals surface area contributed by atoms with Gasteiger partial charge in [0.15, 0.2) is 6.04 Å². The quantitative estimate of drug-likeness (QED) is 0.657. The van der Waals surface area contributed by atoms with Crippen molar-refractivity contribution < 1.29 is 18.0 Å². The van der Waals surface area contributed by atoms with Crippen molar-refractivity contribution in [2.75, 3.05) is 18.4 Å². The molecule has 1 fully saturated rings. The van der Waals surface area contributed by atoms with Crippen LogP contribution in [0.4, 0.5) is 19.0 Å². The van der Waals surface area contributed by atoms with E-state index in [2.05, 4.69) is 22.6 Å². The number of rotatable bonds is 2. The number of allylic oxidation sites excluding steroid dienone is 2. The molecular weight excluding hydrogens is 405 g/mol. The van der Waals surface area contributed by atoms with Gasteiger partial charge in [-0.15, -0.1) is 0 Å². The van der Waals surface area contributed by atoms with Crippen molar-refractivity contribution in [3.05, 3.63) is 23.9 Å². The fraction of sp³-hybridized carbons (Fsp3) is 0.739. The van der Waals surface area contributed by atoms with Crippen LogP contribution >= 0.6 is 0 Å². The van der Waals surface area contributed by atoms with E-state index in [0.717, 1.165) is 36.8 Å². The van der Waals surface area contributed by atoms with E-state index < -0.39 is 12.2 Å². The molecule has 172 valence electrons. The maximum absolute atomic E-state index is 14.0. The Kier molecular flexibility index (Phi) is 5.85. The molecule has 0 spiro atoms. The molecule has 1 N–H and O–H groups in total. The number of hydrogen-bond acceptors (Lipinski definition) is 3. The number of piperidine rings is 1. The summed E-state index contributed by atoms with van der Waals surface area (Å²) in [6.07, 6.45) is 3.98. The van der Waals surface area contributed by atoms with Gasteiger partial charge in [0.1, 0.15) is 5.82 Å². The zero-order chi connectivity index (χ0) is 22.4. The summed E-state index contributed by atoms with van der Waals surface area (Å²) in [5.41, 5.74) is 0.316. The van der Waals surface area contributed by atoms with Crippen molar-refractivity contribution >= 4 is 11.7 Å². The molecule has 4 atom stereocenters. The summed E-state index contributed by atoms with van der Waals surface area (Å²) in [6.45, 7) is 7.09. The molecule has 1 saturated heterocycles. The Morgan fingerprint density at radius 1 is 1.19 bits per heavy atom. The molecule has 31 heavy (non-hydrogen) atoms. The normalized spacial score (nSPS) is 29.4. The van der Waals surface area contributed by atoms with Gasteiger partial charge in [-0.25, -0.2) is 4.68 Å². The highest BCUT2D eigenvalue weighted by Crippen LogP contribution is 2.43. The number of anilines is 1. The fourth-order valence-electron chi connectivity index (χ4n) is 5.09. The number of aromatic nitrogens is 2. The van der Waals surface area contributed by atoms with Gasteiger partial charge in [0, 0.05) is 36.5 Å². The summed E-state index contributed by atoms with van der Waals surface area (Å²) in [5, 5.41) is 7.67. The van der Waals surface area contributed by atoms with E-state index in [9.17, 15) is 18.0 Å². The highest BCUT2D eigenvalue weighted by Gasteiger charge is 2.48. The first-order valence-corrected chi connectivity index (χ1v) is 11.4. The predicted molar refractivity (Wildman–Crippen MR) is 114 cm³/mol. The third-order valence-corrected chi connectivity index (χ3v) is 6.94. The smallest absolute Gasteiger partial charge is 0.367 e. The average Bonchev–Trinajstić information content (AvgIpc) is 3.17. The second-order valence-electron chi connectivity index (χ2n) is 10.3. The topological polar surface area (TPSA) is 50.2 Å². The molecule has 0 saturated carbocycles. The molecule has 1 aliphatic carbocycles. The minimum Gasteiger partial charge on any atom is -0.367 e. The van der Waals surface area contributed by atoms with Crippen molar-refractivity contribution in [2.45, 2.75) is 83.0 Å². The van der Waals surface area contributed by atoms with Crippen molar-refractivity contribution in [2.24, 2.45) is 11.8 Å². The van der Waals surface area contributed by atoms with Crippen LogP contribution in [0.1, 0.15) is 71.0 Å². The number of carbonyl (C=O) groups is 1. The van der Waals surface area contributed by atoms with Crippen molar-refractivity contribution in [3.63, 3.8) is 0 Å². The van der Waals surface area contributed by atoms with Gasteiger partial charge in [-0.2, -0.15) is 18.3 Å². The second kappa shape index (κ2) is 8.17. The monoisotopic (exact) mass is 438 g/mol. The molecule has 0 bridgehead atoms. The molecule has 3 heterocycles. The molecule has 0 unspecified atom stereocenters. The van der Waals surface area contributed by atoms with Crippen LogP contribution in [0.3, 0.4) is 0 Å². The van der Waals surface area contributed by atoms with E-state index in [4.69, 9.17) is 0 Å². The number of amides is 1. The lowest BCUT2D eigenvalue weighted by molar-refractivity contribution is -0.175. The lowest BCUT2D eigenvalue weighted by atomic mass is 9.84. The minimum atomic E-state index is -4.37. The number of carbonyl (C=O) groups excluding carboxylic acids is 1. The van der Waals surface area contributed by atoms with E-state index in [0.29, 0.717) is 24.6 Å². The summed E-state index contributed by atoms with van der Waals surface area (Å²) in [5.74, 6) is 0.617. The maximum atomic E-state index is 14.0. The standard InChI is InChI=1S/C23H33F3N4O/c1-22(2,3)18-13-20-27-17(12-19(23(24,25)26)30(20)28-18)16-10-7-11-29(14-16)21(31)15-8-5-4-6-9-15/h4-5,13,15-17,19,27H,6-12,14H2,1-3H3/t15-,16-,17-,19+/m0/s1. The molecular formula is C23H33F3N4O. The largest absolute Gasteiger partial charge is 0.410 e. The Hall–Kier alpha value is -1.99. The van der Waals surface area contributed by atoms with Gasteiger partial charge in [-0.05, 0) is 44.4 Å². The Morgan fingerprint density at radius 3 is 2.61 bits per heavy atom. The van der Waals surface area contributed by atoms with Crippen LogP contribution in [-0.2, 0) is 10.2 Å². The van der Waals surface area contributed by atoms with E-state index in [-0.39, 0.29) is 35.6 Å². The van der Waals surface area contributed by atoms with Gasteiger partial charge in [0.2, 0.25) is 5.91 Å². The maximum Gasteiger partial charge on any atom is 0.410 e. The molecule has 0 aromatic carbocycles. The Labute approximate surface area is 182 Å². The summed E-state index contributed by atoms with van der Waals surface area (Å²) >= 11 is 0. The zero-order valence-electron chi connectivity index (χ0n) is 18.6. The van der Waals surface area contributed by atoms with Crippen LogP contribution in [0.15, 0.2) is 18.2 Å². The van der Waals surface area contributed by atoms with Crippen molar-refractivity contribution in [1.82, 2.24) is 14.7 Å². The SMILES string of the molecule is CC(C)(C)c1cc2n(n1)[C@@H](C(F)(F)F)C[C@@H]([C@H]1CCCN(C(=O)[C@H]3CC=CCC3)C1)N2. The van der Waals surface area contributed by atoms with Crippen LogP contribution in [0.25, 0.3) is 0 Å². The summed E-state index contributed by atoms with van der Waals surface area (Å²) in [7, 11) is 0. The van der Waals surface area contributed by atoms with Gasteiger partial charge in [0.05, 0.1) is 5.69 Å². The first-order valence-electron chi connectivity index (χ1n) is 11.4. The zero-order valence-corrected chi connectivity index (χ0v) is 18.6. The molecule has 1 aromatic heterocycles. The highest BCUT2D eigenvalue weighted by atomic mass is 19.4. The molecule has 3 aliphatic rings. The van der Waals surface area contributed by atoms with Crippen LogP contribution in [-0.4, -0.2) is 45.9 Å². The third kappa shape index (κ3) is 4.62. The van der Waals surface area contributed by atoms with Gasteiger partial charge in [-0.1, -0.05) is 32.9 Å². The molecule has 1 amide bonds. The van der Waals surface area contributed by atoms with Crippen LogP contribution in [0, 0.1) is 11.8 Å². The highest BCUT2D eigenvalue weighted by molar-refractivity contribution is 5.79. The van der Waals surface area contributed by atoms with Gasteiger partial charge in [-0.3, -0.25) is 4.79 Å². The lowest BCUT2D eigenvalue weighted by Crippen LogP contribution is -2.50. The summed E-state index contributed by atoms with van der Waals surface area (Å²) in [4.78, 5) is 14.9. The van der Waals surface area contributed by atoms with E-state index in [1.54, 1.807) is 6.07 Å². The molecule has 0 radical (unpaired) electrons. The number of hydrogen-bond donors (Lipinski definition) is 1. The number of nitrogens with one attached hydrogen (secondary N) is 1. The third-order valence-electron chi connectivity index (χ3n) is 6.94. The number of likely N-dealkylation sites (tertiary alicyclic amines) is 1. The van der Waals surface area contributed by atoms with Crippen molar-refractivity contribution in [1.29, 1.82) is 0 Å². The molecule has 8 heteroatoms. The Balaban J connectivity index is 1.53. The lowest BCUT2D eigenvalue weighted by Gasteiger charge is -2.42. The van der Waals surface area contributed by atoms with Gasteiger partial charge in [0.25, 0.3) is 0 Å². The Morgan fingerprint density at radius 2 is 1.97 bits per heavy atom. The summed E-state index contributed by atoms with van der Waals surface area (Å²) < 4.78 is 43.0. The average molecular weight is 439 g/mol. The van der Waals surface area contributed by atoms with Crippen LogP contribution < -0.4 is 5.32 Å². The fourth-order valence-corrected chi connectivity index (χ4v) is 5.09. The minimum absolute atomic E-state index is 0.00317. The molecule has 2 aliphatic heterocycles. The van der Waals surface area contributed by atoms with E-state index >= 15 is 0 Å².